The lowest BCUT2D eigenvalue weighted by Gasteiger charge is -2.22. The number of aromatic carboxylic acids is 2. The van der Waals surface area contributed by atoms with Crippen molar-refractivity contribution in [1.82, 2.24) is 0 Å². The van der Waals surface area contributed by atoms with Crippen molar-refractivity contribution in [2.24, 2.45) is 0 Å². The molecule has 1 atom stereocenters. The third-order valence-electron chi connectivity index (χ3n) is 4.87. The number of rotatable bonds is 9. The molecule has 0 radical (unpaired) electrons. The van der Waals surface area contributed by atoms with E-state index in [0.29, 0.717) is 5.69 Å². The van der Waals surface area contributed by atoms with Crippen LogP contribution in [0.4, 0.5) is 17.1 Å². The highest BCUT2D eigenvalue weighted by Gasteiger charge is 2.24. The Kier molecular flexibility index (Phi) is 7.85. The fourth-order valence-corrected chi connectivity index (χ4v) is 4.66. The molecular formula is C23H18BrN3O8S-2. The fourth-order valence-electron chi connectivity index (χ4n) is 3.11. The van der Waals surface area contributed by atoms with Crippen molar-refractivity contribution in [3.63, 3.8) is 0 Å². The Morgan fingerprint density at radius 1 is 1.00 bits per heavy atom. The van der Waals surface area contributed by atoms with Gasteiger partial charge < -0.3 is 30.7 Å². The average Bonchev–Trinajstić information content (AvgIpc) is 2.81. The number of carboxylic acids is 2. The first-order valence-electron chi connectivity index (χ1n) is 10.1. The summed E-state index contributed by atoms with van der Waals surface area (Å²) in [5.74, 6) is -4.68. The van der Waals surface area contributed by atoms with Gasteiger partial charge in [-0.25, -0.2) is 13.2 Å². The number of amides is 1. The summed E-state index contributed by atoms with van der Waals surface area (Å²) in [6.45, 7) is 1.44. The third kappa shape index (κ3) is 6.12. The number of carboxylic acid groups (broad SMARTS) is 2. The van der Waals surface area contributed by atoms with Crippen molar-refractivity contribution in [3.8, 4) is 5.75 Å². The Bertz CT molecular complexity index is 1440. The molecule has 0 heterocycles. The number of hydrogen-bond acceptors (Lipinski definition) is 8. The monoisotopic (exact) mass is 575 g/mol. The first-order chi connectivity index (χ1) is 16.9. The molecule has 0 saturated heterocycles. The number of benzene rings is 3. The van der Waals surface area contributed by atoms with E-state index >= 15 is 0 Å². The van der Waals surface area contributed by atoms with Gasteiger partial charge in [0.1, 0.15) is 6.04 Å². The minimum atomic E-state index is -4.64. The molecule has 188 valence electrons. The minimum Gasteiger partial charge on any atom is -0.871 e. The van der Waals surface area contributed by atoms with E-state index in [0.717, 1.165) is 28.7 Å². The second-order valence-electron chi connectivity index (χ2n) is 7.45. The van der Waals surface area contributed by atoms with E-state index in [2.05, 4.69) is 26.6 Å². The number of nitrogens with one attached hydrogen (secondary N) is 3. The van der Waals surface area contributed by atoms with Crippen LogP contribution in [-0.2, 0) is 14.8 Å². The van der Waals surface area contributed by atoms with Crippen LogP contribution < -0.4 is 25.6 Å². The molecule has 4 N–H and O–H groups in total. The van der Waals surface area contributed by atoms with Crippen molar-refractivity contribution in [2.45, 2.75) is 17.9 Å². The van der Waals surface area contributed by atoms with E-state index in [4.69, 9.17) is 5.11 Å². The van der Waals surface area contributed by atoms with Gasteiger partial charge in [-0.1, -0.05) is 33.8 Å². The van der Waals surface area contributed by atoms with Crippen molar-refractivity contribution in [2.75, 3.05) is 15.4 Å². The maximum absolute atomic E-state index is 13.0. The van der Waals surface area contributed by atoms with E-state index in [-0.39, 0.29) is 11.3 Å². The Morgan fingerprint density at radius 3 is 2.25 bits per heavy atom. The SMILES string of the molecule is CC(Nc1cccc(S(=O)(=O)Nc2ccc(C(=O)O)cc2[O-])c1C(=O)[O-])C(=O)Nc1ccc(Br)cc1. The Morgan fingerprint density at radius 2 is 1.67 bits per heavy atom. The average molecular weight is 576 g/mol. The number of anilines is 3. The highest BCUT2D eigenvalue weighted by molar-refractivity contribution is 9.10. The molecular weight excluding hydrogens is 558 g/mol. The molecule has 0 aliphatic carbocycles. The lowest BCUT2D eigenvalue weighted by atomic mass is 10.1. The van der Waals surface area contributed by atoms with Crippen molar-refractivity contribution in [1.29, 1.82) is 0 Å². The molecule has 0 fully saturated rings. The third-order valence-corrected chi connectivity index (χ3v) is 6.81. The van der Waals surface area contributed by atoms with Crippen LogP contribution in [0.2, 0.25) is 0 Å². The highest BCUT2D eigenvalue weighted by atomic mass is 79.9. The van der Waals surface area contributed by atoms with Crippen LogP contribution in [0.3, 0.4) is 0 Å². The number of sulfonamides is 1. The van der Waals surface area contributed by atoms with E-state index < -0.39 is 55.8 Å². The van der Waals surface area contributed by atoms with E-state index in [9.17, 15) is 33.0 Å². The van der Waals surface area contributed by atoms with Gasteiger partial charge >= 0.3 is 5.97 Å². The van der Waals surface area contributed by atoms with E-state index in [1.54, 1.807) is 24.3 Å². The smallest absolute Gasteiger partial charge is 0.335 e. The molecule has 3 aromatic carbocycles. The van der Waals surface area contributed by atoms with Crippen LogP contribution >= 0.6 is 15.9 Å². The normalized spacial score (nSPS) is 11.8. The van der Waals surface area contributed by atoms with Gasteiger partial charge in [-0.3, -0.25) is 9.52 Å². The standard InChI is InChI=1S/C23H20BrN3O8S/c1-12(21(29)26-15-8-6-14(24)7-9-15)25-17-3-2-4-19(20(17)23(32)33)36(34,35)27-16-10-5-13(22(30)31)11-18(16)28/h2-12,25,27-28H,1H3,(H,26,29)(H,30,31)(H,32,33)/p-2. The summed E-state index contributed by atoms with van der Waals surface area (Å²) in [6.07, 6.45) is 0. The summed E-state index contributed by atoms with van der Waals surface area (Å²) in [6, 6.07) is 11.9. The summed E-state index contributed by atoms with van der Waals surface area (Å²) in [4.78, 5) is 34.8. The van der Waals surface area contributed by atoms with Crippen molar-refractivity contribution < 1.29 is 38.1 Å². The van der Waals surface area contributed by atoms with E-state index in [1.807, 2.05) is 4.72 Å². The summed E-state index contributed by atoms with van der Waals surface area (Å²) in [5, 5.41) is 38.3. The second-order valence-corrected chi connectivity index (χ2v) is 10.0. The summed E-state index contributed by atoms with van der Waals surface area (Å²) in [7, 11) is -4.64. The van der Waals surface area contributed by atoms with Gasteiger partial charge in [-0.05, 0) is 55.5 Å². The quantitative estimate of drug-likeness (QED) is 0.295. The topological polar surface area (TPSA) is 188 Å². The Hall–Kier alpha value is -4.10. The predicted molar refractivity (Wildman–Crippen MR) is 130 cm³/mol. The van der Waals surface area contributed by atoms with Crippen LogP contribution in [0.15, 0.2) is 70.0 Å². The minimum absolute atomic E-state index is 0.208. The highest BCUT2D eigenvalue weighted by Crippen LogP contribution is 2.29. The number of hydrogen-bond donors (Lipinski definition) is 4. The largest absolute Gasteiger partial charge is 0.871 e. The molecule has 0 spiro atoms. The van der Waals surface area contributed by atoms with Crippen LogP contribution in [0.25, 0.3) is 0 Å². The van der Waals surface area contributed by atoms with Gasteiger partial charge in [0.15, 0.2) is 0 Å². The molecule has 3 rings (SSSR count). The maximum atomic E-state index is 13.0. The summed E-state index contributed by atoms with van der Waals surface area (Å²) < 4.78 is 28.7. The number of halogens is 1. The molecule has 0 bridgehead atoms. The number of carbonyl (C=O) groups is 3. The molecule has 36 heavy (non-hydrogen) atoms. The predicted octanol–water partition coefficient (Wildman–Crippen LogP) is 1.82. The molecule has 11 nitrogen and oxygen atoms in total. The van der Waals surface area contributed by atoms with Crippen LogP contribution in [0.1, 0.15) is 27.6 Å². The zero-order valence-electron chi connectivity index (χ0n) is 18.4. The zero-order valence-corrected chi connectivity index (χ0v) is 20.8. The fraction of sp³-hybridized carbons (Fsp3) is 0.0870. The molecule has 0 saturated carbocycles. The first kappa shape index (κ1) is 26.5. The van der Waals surface area contributed by atoms with Gasteiger partial charge in [0.25, 0.3) is 10.0 Å². The van der Waals surface area contributed by atoms with Crippen LogP contribution in [0.5, 0.6) is 5.75 Å². The molecule has 0 aliphatic heterocycles. The van der Waals surface area contributed by atoms with Gasteiger partial charge in [0.05, 0.1) is 16.4 Å². The van der Waals surface area contributed by atoms with Gasteiger partial charge in [0, 0.05) is 27.1 Å². The summed E-state index contributed by atoms with van der Waals surface area (Å²) >= 11 is 3.28. The molecule has 1 amide bonds. The zero-order chi connectivity index (χ0) is 26.6. The Labute approximate surface area is 214 Å². The first-order valence-corrected chi connectivity index (χ1v) is 12.4. The van der Waals surface area contributed by atoms with Crippen LogP contribution in [-0.4, -0.2) is 37.4 Å². The lowest BCUT2D eigenvalue weighted by Crippen LogP contribution is -2.34. The molecule has 13 heteroatoms. The van der Waals surface area contributed by atoms with E-state index in [1.165, 1.54) is 19.1 Å². The van der Waals surface area contributed by atoms with Gasteiger partial charge in [-0.15, -0.1) is 0 Å². The summed E-state index contributed by atoms with van der Waals surface area (Å²) in [5.41, 5.74) is -1.31. The maximum Gasteiger partial charge on any atom is 0.335 e. The lowest BCUT2D eigenvalue weighted by molar-refractivity contribution is -0.267. The Balaban J connectivity index is 1.89. The molecule has 0 aliphatic rings. The molecule has 1 unspecified atom stereocenters. The molecule has 3 aromatic rings. The molecule has 0 aromatic heterocycles. The van der Waals surface area contributed by atoms with Gasteiger partial charge in [0.2, 0.25) is 5.91 Å². The van der Waals surface area contributed by atoms with Crippen LogP contribution in [0, 0.1) is 0 Å². The van der Waals surface area contributed by atoms with Gasteiger partial charge in [-0.2, -0.15) is 0 Å². The van der Waals surface area contributed by atoms with Crippen molar-refractivity contribution >= 4 is 60.9 Å². The second kappa shape index (κ2) is 10.7. The number of carbonyl (C=O) groups excluding carboxylic acids is 2. The van der Waals surface area contributed by atoms with Crippen molar-refractivity contribution in [3.05, 3.63) is 76.3 Å².